The molecule has 0 aromatic rings. The first-order chi connectivity index (χ1) is 6.31. The van der Waals surface area contributed by atoms with Gasteiger partial charge in [0.25, 0.3) is 0 Å². The zero-order valence-corrected chi connectivity index (χ0v) is 9.94. The molecule has 13 heavy (non-hydrogen) atoms. The maximum absolute atomic E-state index is 2.41. The van der Waals surface area contributed by atoms with Crippen LogP contribution in [0, 0.1) is 5.92 Å². The molecule has 0 fully saturated rings. The first kappa shape index (κ1) is 13.0. The van der Waals surface area contributed by atoms with Gasteiger partial charge in [-0.05, 0) is 5.92 Å². The van der Waals surface area contributed by atoms with Crippen molar-refractivity contribution in [3.05, 3.63) is 0 Å². The van der Waals surface area contributed by atoms with Crippen LogP contribution in [-0.2, 0) is 0 Å². The lowest BCUT2D eigenvalue weighted by Crippen LogP contribution is -1.94. The molecule has 0 nitrogen and oxygen atoms in total. The summed E-state index contributed by atoms with van der Waals surface area (Å²) in [6.45, 7) is 6.98. The Hall–Kier alpha value is 0. The van der Waals surface area contributed by atoms with Gasteiger partial charge in [-0.15, -0.1) is 0 Å². The quantitative estimate of drug-likeness (QED) is 0.433. The van der Waals surface area contributed by atoms with Crippen molar-refractivity contribution < 1.29 is 0 Å². The number of hydrogen-bond acceptors (Lipinski definition) is 0. The van der Waals surface area contributed by atoms with Crippen LogP contribution in [0.2, 0.25) is 0 Å². The van der Waals surface area contributed by atoms with Crippen LogP contribution in [0.4, 0.5) is 0 Å². The van der Waals surface area contributed by atoms with Crippen LogP contribution in [0.5, 0.6) is 0 Å². The highest BCUT2D eigenvalue weighted by Gasteiger charge is 2.00. The molecule has 0 aliphatic rings. The summed E-state index contributed by atoms with van der Waals surface area (Å²) >= 11 is 0. The largest absolute Gasteiger partial charge is 0.0654 e. The maximum Gasteiger partial charge on any atom is -0.0443 e. The molecule has 80 valence electrons. The highest BCUT2D eigenvalue weighted by molar-refractivity contribution is 4.53. The van der Waals surface area contributed by atoms with Gasteiger partial charge < -0.3 is 0 Å². The van der Waals surface area contributed by atoms with Crippen LogP contribution >= 0.6 is 0 Å². The van der Waals surface area contributed by atoms with Crippen molar-refractivity contribution in [3.63, 3.8) is 0 Å². The van der Waals surface area contributed by atoms with E-state index in [1.54, 1.807) is 0 Å². The Bertz CT molecular complexity index is 86.0. The van der Waals surface area contributed by atoms with Gasteiger partial charge >= 0.3 is 0 Å². The third-order valence-corrected chi connectivity index (χ3v) is 2.85. The van der Waals surface area contributed by atoms with E-state index in [-0.39, 0.29) is 0 Å². The summed E-state index contributed by atoms with van der Waals surface area (Å²) in [6.07, 6.45) is 12.9. The molecule has 0 unspecified atom stereocenters. The fourth-order valence-corrected chi connectivity index (χ4v) is 1.79. The van der Waals surface area contributed by atoms with E-state index in [4.69, 9.17) is 0 Å². The Morgan fingerprint density at radius 2 is 1.23 bits per heavy atom. The van der Waals surface area contributed by atoms with E-state index < -0.39 is 0 Å². The molecule has 0 spiro atoms. The van der Waals surface area contributed by atoms with Gasteiger partial charge in [0.1, 0.15) is 0 Å². The van der Waals surface area contributed by atoms with Crippen molar-refractivity contribution in [2.24, 2.45) is 5.92 Å². The van der Waals surface area contributed by atoms with E-state index >= 15 is 0 Å². The molecule has 0 radical (unpaired) electrons. The molecule has 0 aliphatic carbocycles. The lowest BCUT2D eigenvalue weighted by Gasteiger charge is -2.09. The van der Waals surface area contributed by atoms with Gasteiger partial charge in [0.05, 0.1) is 0 Å². The van der Waals surface area contributed by atoms with Gasteiger partial charge in [-0.25, -0.2) is 0 Å². The van der Waals surface area contributed by atoms with Gasteiger partial charge in [0.15, 0.2) is 0 Å². The second kappa shape index (κ2) is 10.1. The minimum atomic E-state index is 0.974. The van der Waals surface area contributed by atoms with Crippen molar-refractivity contribution in [2.45, 2.75) is 78.6 Å². The molecule has 0 saturated heterocycles. The van der Waals surface area contributed by atoms with Crippen LogP contribution in [0.3, 0.4) is 0 Å². The Labute approximate surface area is 85.1 Å². The fraction of sp³-hybridized carbons (Fsp3) is 1.00. The predicted molar refractivity (Wildman–Crippen MR) is 62.1 cm³/mol. The summed E-state index contributed by atoms with van der Waals surface area (Å²) in [6, 6.07) is 0. The van der Waals surface area contributed by atoms with Crippen LogP contribution in [0.25, 0.3) is 0 Å². The summed E-state index contributed by atoms with van der Waals surface area (Å²) in [7, 11) is 0. The SMILES string of the molecule is CCCCCCC[C@@H](C)CCCC. The van der Waals surface area contributed by atoms with Gasteiger partial charge in [0.2, 0.25) is 0 Å². The maximum atomic E-state index is 2.41. The predicted octanol–water partition coefficient (Wildman–Crippen LogP) is 5.17. The molecule has 0 heterocycles. The second-order valence-corrected chi connectivity index (χ2v) is 4.45. The zero-order chi connectivity index (χ0) is 9.94. The monoisotopic (exact) mass is 184 g/mol. The van der Waals surface area contributed by atoms with Crippen molar-refractivity contribution in [3.8, 4) is 0 Å². The molecule has 1 atom stereocenters. The zero-order valence-electron chi connectivity index (χ0n) is 9.94. The summed E-state index contributed by atoms with van der Waals surface area (Å²) in [5, 5.41) is 0. The van der Waals surface area contributed by atoms with Crippen molar-refractivity contribution in [1.29, 1.82) is 0 Å². The van der Waals surface area contributed by atoms with Crippen LogP contribution in [-0.4, -0.2) is 0 Å². The topological polar surface area (TPSA) is 0 Å². The summed E-state index contributed by atoms with van der Waals surface area (Å²) in [5.41, 5.74) is 0. The molecule has 0 aromatic heterocycles. The number of rotatable bonds is 9. The lowest BCUT2D eigenvalue weighted by molar-refractivity contribution is 0.443. The highest BCUT2D eigenvalue weighted by Crippen LogP contribution is 2.16. The minimum absolute atomic E-state index is 0.974. The van der Waals surface area contributed by atoms with Gasteiger partial charge in [-0.1, -0.05) is 78.6 Å². The molecular formula is C13H28. The van der Waals surface area contributed by atoms with E-state index in [0.717, 1.165) is 5.92 Å². The van der Waals surface area contributed by atoms with Crippen molar-refractivity contribution in [1.82, 2.24) is 0 Å². The molecule has 0 aromatic carbocycles. The lowest BCUT2D eigenvalue weighted by atomic mass is 9.97. The Morgan fingerprint density at radius 1 is 0.692 bits per heavy atom. The van der Waals surface area contributed by atoms with E-state index in [9.17, 15) is 0 Å². The summed E-state index contributed by atoms with van der Waals surface area (Å²) in [4.78, 5) is 0. The third-order valence-electron chi connectivity index (χ3n) is 2.85. The van der Waals surface area contributed by atoms with Crippen molar-refractivity contribution in [2.75, 3.05) is 0 Å². The van der Waals surface area contributed by atoms with E-state index in [1.165, 1.54) is 57.8 Å². The van der Waals surface area contributed by atoms with Crippen LogP contribution in [0.15, 0.2) is 0 Å². The average molecular weight is 184 g/mol. The third kappa shape index (κ3) is 9.92. The molecule has 0 bridgehead atoms. The molecular weight excluding hydrogens is 156 g/mol. The summed E-state index contributed by atoms with van der Waals surface area (Å²) < 4.78 is 0. The number of unbranched alkanes of at least 4 members (excludes halogenated alkanes) is 5. The van der Waals surface area contributed by atoms with Crippen molar-refractivity contribution >= 4 is 0 Å². The normalized spacial score (nSPS) is 13.2. The van der Waals surface area contributed by atoms with Gasteiger partial charge in [-0.2, -0.15) is 0 Å². The molecule has 0 aliphatic heterocycles. The van der Waals surface area contributed by atoms with E-state index in [0.29, 0.717) is 0 Å². The Morgan fingerprint density at radius 3 is 1.85 bits per heavy atom. The average Bonchev–Trinajstić information content (AvgIpc) is 2.14. The fourth-order valence-electron chi connectivity index (χ4n) is 1.79. The van der Waals surface area contributed by atoms with Gasteiger partial charge in [-0.3, -0.25) is 0 Å². The molecule has 0 amide bonds. The van der Waals surface area contributed by atoms with Crippen LogP contribution in [0.1, 0.15) is 78.6 Å². The first-order valence-electron chi connectivity index (χ1n) is 6.31. The summed E-state index contributed by atoms with van der Waals surface area (Å²) in [5.74, 6) is 0.974. The first-order valence-corrected chi connectivity index (χ1v) is 6.31. The molecule has 0 saturated carbocycles. The minimum Gasteiger partial charge on any atom is -0.0654 e. The Balaban J connectivity index is 3.03. The molecule has 0 N–H and O–H groups in total. The van der Waals surface area contributed by atoms with Gasteiger partial charge in [0, 0.05) is 0 Å². The van der Waals surface area contributed by atoms with E-state index in [1.807, 2.05) is 0 Å². The Kier molecular flexibility index (Phi) is 10.1. The standard InChI is InChI=1S/C13H28/c1-4-6-8-9-10-12-13(3)11-7-5-2/h13H,4-12H2,1-3H3/t13-/m0/s1. The smallest absolute Gasteiger partial charge is 0.0443 e. The number of hydrogen-bond donors (Lipinski definition) is 0. The van der Waals surface area contributed by atoms with E-state index in [2.05, 4.69) is 20.8 Å². The molecule has 0 rings (SSSR count). The molecule has 0 heteroatoms. The second-order valence-electron chi connectivity index (χ2n) is 4.45. The van der Waals surface area contributed by atoms with Crippen LogP contribution < -0.4 is 0 Å². The highest BCUT2D eigenvalue weighted by atomic mass is 14.1.